The molecule has 25 heavy (non-hydrogen) atoms. The number of hydrogen-bond donors (Lipinski definition) is 2. The summed E-state index contributed by atoms with van der Waals surface area (Å²) in [6.07, 6.45) is 5.22. The molecule has 1 amide bonds. The molecule has 1 unspecified atom stereocenters. The summed E-state index contributed by atoms with van der Waals surface area (Å²) >= 11 is 0. The van der Waals surface area contributed by atoms with Gasteiger partial charge in [-0.2, -0.15) is 0 Å². The predicted molar refractivity (Wildman–Crippen MR) is 101 cm³/mol. The Balaban J connectivity index is 1.52. The monoisotopic (exact) mass is 343 g/mol. The second-order valence-corrected chi connectivity index (χ2v) is 6.91. The number of carbonyl (C=O) groups is 1. The lowest BCUT2D eigenvalue weighted by Crippen LogP contribution is -2.48. The van der Waals surface area contributed by atoms with E-state index in [4.69, 9.17) is 4.74 Å². The van der Waals surface area contributed by atoms with Crippen molar-refractivity contribution in [3.8, 4) is 0 Å². The number of ether oxygens (including phenoxy) is 1. The Hall–Kier alpha value is -1.85. The summed E-state index contributed by atoms with van der Waals surface area (Å²) in [5.41, 5.74) is 2.63. The minimum absolute atomic E-state index is 0.0635. The maximum atomic E-state index is 12.3. The lowest BCUT2D eigenvalue weighted by atomic mass is 9.88. The van der Waals surface area contributed by atoms with Crippen LogP contribution >= 0.6 is 0 Å². The maximum Gasteiger partial charge on any atom is 0.237 e. The topological polar surface area (TPSA) is 57.4 Å². The highest BCUT2D eigenvalue weighted by atomic mass is 16.5. The van der Waals surface area contributed by atoms with E-state index in [2.05, 4.69) is 45.7 Å². The number of piperidine rings is 1. The molecule has 2 aromatic rings. The van der Waals surface area contributed by atoms with Gasteiger partial charge >= 0.3 is 0 Å². The first kappa shape index (κ1) is 18.0. The van der Waals surface area contributed by atoms with E-state index in [1.54, 1.807) is 7.11 Å². The van der Waals surface area contributed by atoms with Crippen molar-refractivity contribution in [3.05, 3.63) is 36.0 Å². The second kappa shape index (κ2) is 8.50. The molecule has 1 aliphatic heterocycles. The summed E-state index contributed by atoms with van der Waals surface area (Å²) in [5.74, 6) is 0.700. The summed E-state index contributed by atoms with van der Waals surface area (Å²) in [5, 5.41) is 4.35. The summed E-state index contributed by atoms with van der Waals surface area (Å²) in [7, 11) is 1.68. The molecule has 5 heteroatoms. The first-order chi connectivity index (χ1) is 12.2. The molecule has 1 atom stereocenters. The van der Waals surface area contributed by atoms with Gasteiger partial charge in [0.2, 0.25) is 5.91 Å². The smallest absolute Gasteiger partial charge is 0.237 e. The Morgan fingerprint density at radius 1 is 1.36 bits per heavy atom. The molecule has 5 nitrogen and oxygen atoms in total. The number of carbonyl (C=O) groups excluding carboxylic acids is 1. The number of benzene rings is 1. The van der Waals surface area contributed by atoms with Crippen LogP contribution in [0.2, 0.25) is 0 Å². The molecule has 0 radical (unpaired) electrons. The van der Waals surface area contributed by atoms with Gasteiger partial charge in [0, 0.05) is 37.4 Å². The van der Waals surface area contributed by atoms with E-state index < -0.39 is 0 Å². The van der Waals surface area contributed by atoms with E-state index in [1.165, 1.54) is 16.5 Å². The molecule has 2 N–H and O–H groups in total. The second-order valence-electron chi connectivity index (χ2n) is 6.91. The molecular weight excluding hydrogens is 314 g/mol. The van der Waals surface area contributed by atoms with Crippen LogP contribution in [0.1, 0.15) is 37.7 Å². The van der Waals surface area contributed by atoms with E-state index in [-0.39, 0.29) is 11.9 Å². The van der Waals surface area contributed by atoms with Crippen LogP contribution < -0.4 is 5.32 Å². The molecule has 0 aliphatic carbocycles. The Bertz CT molecular complexity index is 689. The van der Waals surface area contributed by atoms with Crippen molar-refractivity contribution in [3.63, 3.8) is 0 Å². The van der Waals surface area contributed by atoms with Gasteiger partial charge in [0.05, 0.1) is 6.04 Å². The predicted octanol–water partition coefficient (Wildman–Crippen LogP) is 2.89. The summed E-state index contributed by atoms with van der Waals surface area (Å²) in [6.45, 7) is 5.32. The van der Waals surface area contributed by atoms with E-state index in [9.17, 15) is 4.79 Å². The van der Waals surface area contributed by atoms with Gasteiger partial charge in [-0.1, -0.05) is 18.2 Å². The van der Waals surface area contributed by atoms with Crippen molar-refractivity contribution in [2.24, 2.45) is 0 Å². The molecule has 1 aromatic heterocycles. The molecule has 1 aromatic carbocycles. The Morgan fingerprint density at radius 3 is 2.88 bits per heavy atom. The van der Waals surface area contributed by atoms with Crippen molar-refractivity contribution in [2.45, 2.75) is 38.1 Å². The standard InChI is InChI=1S/C20H29N3O2/c1-15(20(24)21-10-5-13-25-2)23-11-8-16(9-12-23)18-14-22-19-7-4-3-6-17(18)19/h3-4,6-7,14-16,22H,5,8-13H2,1-2H3,(H,21,24). The fourth-order valence-corrected chi connectivity index (χ4v) is 3.77. The van der Waals surface area contributed by atoms with Gasteiger partial charge < -0.3 is 15.0 Å². The third kappa shape index (κ3) is 4.22. The molecule has 0 bridgehead atoms. The Labute approximate surface area is 149 Å². The van der Waals surface area contributed by atoms with E-state index in [1.807, 2.05) is 6.92 Å². The number of rotatable bonds is 7. The van der Waals surface area contributed by atoms with Crippen LogP contribution in [0, 0.1) is 0 Å². The van der Waals surface area contributed by atoms with Crippen molar-refractivity contribution in [1.82, 2.24) is 15.2 Å². The highest BCUT2D eigenvalue weighted by Crippen LogP contribution is 2.33. The third-order valence-electron chi connectivity index (χ3n) is 5.34. The van der Waals surface area contributed by atoms with Gasteiger partial charge in [-0.25, -0.2) is 0 Å². The number of aromatic amines is 1. The lowest BCUT2D eigenvalue weighted by molar-refractivity contribution is -0.126. The first-order valence-corrected chi connectivity index (χ1v) is 9.27. The number of aromatic nitrogens is 1. The van der Waals surface area contributed by atoms with Crippen molar-refractivity contribution < 1.29 is 9.53 Å². The number of hydrogen-bond acceptors (Lipinski definition) is 3. The van der Waals surface area contributed by atoms with Crippen LogP contribution in [0.3, 0.4) is 0 Å². The molecule has 0 spiro atoms. The van der Waals surface area contributed by atoms with Gasteiger partial charge in [0.25, 0.3) is 0 Å². The summed E-state index contributed by atoms with van der Waals surface area (Å²) in [6, 6.07) is 8.43. The number of nitrogens with one attached hydrogen (secondary N) is 2. The van der Waals surface area contributed by atoms with E-state index >= 15 is 0 Å². The van der Waals surface area contributed by atoms with Crippen LogP contribution in [0.5, 0.6) is 0 Å². The van der Waals surface area contributed by atoms with Crippen LogP contribution in [-0.2, 0) is 9.53 Å². The highest BCUT2D eigenvalue weighted by molar-refractivity contribution is 5.83. The fourth-order valence-electron chi connectivity index (χ4n) is 3.77. The molecule has 1 saturated heterocycles. The SMILES string of the molecule is COCCCNC(=O)C(C)N1CCC(c2c[nH]c3ccccc23)CC1. The quantitative estimate of drug-likeness (QED) is 0.760. The number of methoxy groups -OCH3 is 1. The van der Waals surface area contributed by atoms with Gasteiger partial charge in [-0.15, -0.1) is 0 Å². The van der Waals surface area contributed by atoms with E-state index in [0.29, 0.717) is 19.1 Å². The Morgan fingerprint density at radius 2 is 2.12 bits per heavy atom. The van der Waals surface area contributed by atoms with Crippen molar-refractivity contribution in [1.29, 1.82) is 0 Å². The number of amides is 1. The maximum absolute atomic E-state index is 12.3. The molecule has 1 aliphatic rings. The molecule has 3 rings (SSSR count). The minimum Gasteiger partial charge on any atom is -0.385 e. The Kier molecular flexibility index (Phi) is 6.10. The van der Waals surface area contributed by atoms with Gasteiger partial charge in [-0.05, 0) is 56.8 Å². The van der Waals surface area contributed by atoms with E-state index in [0.717, 1.165) is 32.4 Å². The number of fused-ring (bicyclic) bond motifs is 1. The van der Waals surface area contributed by atoms with Crippen LogP contribution in [0.4, 0.5) is 0 Å². The van der Waals surface area contributed by atoms with Gasteiger partial charge in [0.15, 0.2) is 0 Å². The number of para-hydroxylation sites is 1. The van der Waals surface area contributed by atoms with Crippen molar-refractivity contribution in [2.75, 3.05) is 33.4 Å². The molecule has 136 valence electrons. The zero-order valence-electron chi connectivity index (χ0n) is 15.3. The minimum atomic E-state index is -0.0635. The largest absolute Gasteiger partial charge is 0.385 e. The zero-order valence-corrected chi connectivity index (χ0v) is 15.3. The normalized spacial score (nSPS) is 17.7. The van der Waals surface area contributed by atoms with Crippen LogP contribution in [0.25, 0.3) is 10.9 Å². The average molecular weight is 343 g/mol. The number of likely N-dealkylation sites (tertiary alicyclic amines) is 1. The molecule has 0 saturated carbocycles. The third-order valence-corrected chi connectivity index (χ3v) is 5.34. The fraction of sp³-hybridized carbons (Fsp3) is 0.550. The number of nitrogens with zero attached hydrogens (tertiary/aromatic N) is 1. The summed E-state index contributed by atoms with van der Waals surface area (Å²) in [4.78, 5) is 18.0. The van der Waals surface area contributed by atoms with Gasteiger partial charge in [0.1, 0.15) is 0 Å². The molecule has 2 heterocycles. The lowest BCUT2D eigenvalue weighted by Gasteiger charge is -2.35. The summed E-state index contributed by atoms with van der Waals surface area (Å²) < 4.78 is 5.01. The highest BCUT2D eigenvalue weighted by Gasteiger charge is 2.28. The van der Waals surface area contributed by atoms with Crippen LogP contribution in [0.15, 0.2) is 30.5 Å². The van der Waals surface area contributed by atoms with Gasteiger partial charge in [-0.3, -0.25) is 9.69 Å². The van der Waals surface area contributed by atoms with Crippen LogP contribution in [-0.4, -0.2) is 55.2 Å². The average Bonchev–Trinajstić information content (AvgIpc) is 3.09. The molecule has 1 fully saturated rings. The first-order valence-electron chi connectivity index (χ1n) is 9.27. The zero-order chi connectivity index (χ0) is 17.6. The van der Waals surface area contributed by atoms with Crippen molar-refractivity contribution >= 4 is 16.8 Å². The molecular formula is C20H29N3O2. The number of H-pyrrole nitrogens is 1.